The summed E-state index contributed by atoms with van der Waals surface area (Å²) in [6.45, 7) is 1.55. The molecule has 3 aromatic heterocycles. The largest absolute Gasteiger partial charge is 0.396 e. The Morgan fingerprint density at radius 1 is 1.10 bits per heavy atom. The van der Waals surface area contributed by atoms with Gasteiger partial charge in [-0.1, -0.05) is 6.07 Å². The van der Waals surface area contributed by atoms with Crippen LogP contribution >= 0.6 is 0 Å². The number of anilines is 2. The number of imidazole rings is 1. The topological polar surface area (TPSA) is 132 Å². The molecule has 5 atom stereocenters. The molecule has 1 aliphatic heterocycles. The van der Waals surface area contributed by atoms with Crippen molar-refractivity contribution in [2.24, 2.45) is 5.92 Å². The van der Waals surface area contributed by atoms with Gasteiger partial charge in [-0.05, 0) is 25.0 Å². The fourth-order valence-corrected chi connectivity index (χ4v) is 4.58. The molecular formula is C20H25N7O3. The van der Waals surface area contributed by atoms with E-state index < -0.39 is 18.2 Å². The number of aliphatic hydroxyl groups excluding tert-OH is 3. The van der Waals surface area contributed by atoms with E-state index in [0.29, 0.717) is 23.4 Å². The highest BCUT2D eigenvalue weighted by Gasteiger charge is 2.42. The minimum atomic E-state index is -0.979. The molecule has 0 radical (unpaired) electrons. The molecule has 158 valence electrons. The SMILES string of the molecule is OC[C@H]1C[C@@H](n2cnc3c(N[C@H]4CCN(c5ccccn5)C4)ncnc32)[C@@H](O)[C@H]1O. The molecule has 2 aliphatic rings. The molecule has 0 aromatic carbocycles. The van der Waals surface area contributed by atoms with E-state index in [4.69, 9.17) is 0 Å². The van der Waals surface area contributed by atoms with Crippen LogP contribution in [0.4, 0.5) is 11.6 Å². The van der Waals surface area contributed by atoms with Crippen molar-refractivity contribution in [1.29, 1.82) is 0 Å². The third-order valence-corrected chi connectivity index (χ3v) is 6.22. The lowest BCUT2D eigenvalue weighted by atomic mass is 10.1. The van der Waals surface area contributed by atoms with Crippen molar-refractivity contribution in [1.82, 2.24) is 24.5 Å². The summed E-state index contributed by atoms with van der Waals surface area (Å²) in [5, 5.41) is 33.5. The Morgan fingerprint density at radius 3 is 2.77 bits per heavy atom. The van der Waals surface area contributed by atoms with E-state index in [-0.39, 0.29) is 18.6 Å². The number of pyridine rings is 1. The second-order valence-electron chi connectivity index (χ2n) is 8.04. The van der Waals surface area contributed by atoms with Crippen LogP contribution in [0, 0.1) is 5.92 Å². The lowest BCUT2D eigenvalue weighted by Crippen LogP contribution is -2.30. The number of nitrogens with one attached hydrogen (secondary N) is 1. The van der Waals surface area contributed by atoms with Crippen LogP contribution < -0.4 is 10.2 Å². The van der Waals surface area contributed by atoms with Crippen molar-refractivity contribution in [2.75, 3.05) is 29.9 Å². The number of rotatable bonds is 5. The fourth-order valence-electron chi connectivity index (χ4n) is 4.58. The summed E-state index contributed by atoms with van der Waals surface area (Å²) in [6.07, 6.45) is 4.37. The summed E-state index contributed by atoms with van der Waals surface area (Å²) < 4.78 is 1.78. The van der Waals surface area contributed by atoms with Crippen LogP contribution in [0.5, 0.6) is 0 Å². The number of hydrogen-bond donors (Lipinski definition) is 4. The van der Waals surface area contributed by atoms with Crippen LogP contribution in [0.2, 0.25) is 0 Å². The molecule has 1 aliphatic carbocycles. The highest BCUT2D eigenvalue weighted by molar-refractivity contribution is 5.83. The molecule has 1 saturated heterocycles. The van der Waals surface area contributed by atoms with Gasteiger partial charge in [-0.2, -0.15) is 0 Å². The van der Waals surface area contributed by atoms with E-state index >= 15 is 0 Å². The minimum absolute atomic E-state index is 0.169. The lowest BCUT2D eigenvalue weighted by Gasteiger charge is -2.19. The normalized spacial score (nSPS) is 29.0. The van der Waals surface area contributed by atoms with Gasteiger partial charge in [0.25, 0.3) is 0 Å². The molecule has 10 nitrogen and oxygen atoms in total. The zero-order chi connectivity index (χ0) is 20.7. The Bertz CT molecular complexity index is 1010. The van der Waals surface area contributed by atoms with Gasteiger partial charge in [-0.15, -0.1) is 0 Å². The van der Waals surface area contributed by atoms with E-state index in [1.54, 1.807) is 17.1 Å². The summed E-state index contributed by atoms with van der Waals surface area (Å²) in [7, 11) is 0. The highest BCUT2D eigenvalue weighted by Crippen LogP contribution is 2.37. The number of aliphatic hydroxyl groups is 3. The van der Waals surface area contributed by atoms with Gasteiger partial charge in [0.15, 0.2) is 11.5 Å². The maximum Gasteiger partial charge on any atom is 0.165 e. The van der Waals surface area contributed by atoms with Crippen molar-refractivity contribution in [2.45, 2.75) is 37.1 Å². The van der Waals surface area contributed by atoms with Crippen LogP contribution in [0.15, 0.2) is 37.1 Å². The molecule has 4 heterocycles. The molecule has 0 bridgehead atoms. The van der Waals surface area contributed by atoms with Gasteiger partial charge in [0.2, 0.25) is 0 Å². The maximum atomic E-state index is 10.4. The van der Waals surface area contributed by atoms with E-state index in [2.05, 4.69) is 30.2 Å². The van der Waals surface area contributed by atoms with Crippen LogP contribution in [0.25, 0.3) is 11.2 Å². The van der Waals surface area contributed by atoms with Crippen LogP contribution in [0.1, 0.15) is 18.9 Å². The third-order valence-electron chi connectivity index (χ3n) is 6.22. The quantitative estimate of drug-likeness (QED) is 0.464. The molecule has 1 saturated carbocycles. The lowest BCUT2D eigenvalue weighted by molar-refractivity contribution is -0.00370. The standard InChI is InChI=1S/C20H25N7O3/c28-9-12-7-14(18(30)17(12)29)27-11-24-16-19(22-10-23-20(16)27)25-13-4-6-26(8-13)15-3-1-2-5-21-15/h1-3,5,10-14,17-18,28-30H,4,6-9H2,(H,22,23,25)/t12-,13+,14-,17+,18-/m1/s1. The second-order valence-corrected chi connectivity index (χ2v) is 8.04. The molecular weight excluding hydrogens is 386 g/mol. The molecule has 30 heavy (non-hydrogen) atoms. The average molecular weight is 411 g/mol. The first kappa shape index (κ1) is 19.2. The number of fused-ring (bicyclic) bond motifs is 1. The number of nitrogens with zero attached hydrogens (tertiary/aromatic N) is 6. The van der Waals surface area contributed by atoms with Crippen LogP contribution in [0.3, 0.4) is 0 Å². The highest BCUT2D eigenvalue weighted by atomic mass is 16.3. The minimum Gasteiger partial charge on any atom is -0.396 e. The molecule has 5 rings (SSSR count). The van der Waals surface area contributed by atoms with E-state index in [0.717, 1.165) is 25.3 Å². The van der Waals surface area contributed by atoms with Crippen molar-refractivity contribution in [3.05, 3.63) is 37.1 Å². The molecule has 0 unspecified atom stereocenters. The predicted molar refractivity (Wildman–Crippen MR) is 110 cm³/mol. The van der Waals surface area contributed by atoms with Gasteiger partial charge in [0.1, 0.15) is 23.8 Å². The van der Waals surface area contributed by atoms with E-state index in [9.17, 15) is 15.3 Å². The number of aromatic nitrogens is 5. The van der Waals surface area contributed by atoms with Crippen LogP contribution in [-0.4, -0.2) is 77.8 Å². The molecule has 3 aromatic rings. The average Bonchev–Trinajstić information content (AvgIpc) is 3.48. The van der Waals surface area contributed by atoms with Gasteiger partial charge >= 0.3 is 0 Å². The first-order chi connectivity index (χ1) is 14.7. The van der Waals surface area contributed by atoms with Crippen molar-refractivity contribution in [3.63, 3.8) is 0 Å². The Balaban J connectivity index is 1.36. The van der Waals surface area contributed by atoms with Gasteiger partial charge in [0.05, 0.1) is 18.5 Å². The first-order valence-electron chi connectivity index (χ1n) is 10.2. The first-order valence-corrected chi connectivity index (χ1v) is 10.2. The molecule has 0 spiro atoms. The predicted octanol–water partition coefficient (Wildman–Crippen LogP) is 0.187. The van der Waals surface area contributed by atoms with Crippen molar-refractivity contribution < 1.29 is 15.3 Å². The Kier molecular flexibility index (Phi) is 4.97. The Hall–Kier alpha value is -2.82. The summed E-state index contributed by atoms with van der Waals surface area (Å²) >= 11 is 0. The van der Waals surface area contributed by atoms with Crippen molar-refractivity contribution in [3.8, 4) is 0 Å². The second kappa shape index (κ2) is 7.78. The zero-order valence-corrected chi connectivity index (χ0v) is 16.4. The van der Waals surface area contributed by atoms with E-state index in [1.165, 1.54) is 6.33 Å². The van der Waals surface area contributed by atoms with Gasteiger partial charge in [-0.3, -0.25) is 0 Å². The van der Waals surface area contributed by atoms with E-state index in [1.807, 2.05) is 18.2 Å². The monoisotopic (exact) mass is 411 g/mol. The number of hydrogen-bond acceptors (Lipinski definition) is 9. The van der Waals surface area contributed by atoms with Gasteiger partial charge in [0, 0.05) is 37.9 Å². The molecule has 0 amide bonds. The van der Waals surface area contributed by atoms with Crippen molar-refractivity contribution >= 4 is 22.8 Å². The maximum absolute atomic E-state index is 10.4. The molecule has 4 N–H and O–H groups in total. The zero-order valence-electron chi connectivity index (χ0n) is 16.4. The Morgan fingerprint density at radius 2 is 2.00 bits per heavy atom. The summed E-state index contributed by atoms with van der Waals surface area (Å²) in [5.74, 6) is 1.25. The smallest absolute Gasteiger partial charge is 0.165 e. The third kappa shape index (κ3) is 3.26. The summed E-state index contributed by atoms with van der Waals surface area (Å²) in [4.78, 5) is 19.9. The van der Waals surface area contributed by atoms with Gasteiger partial charge in [-0.25, -0.2) is 19.9 Å². The molecule has 10 heteroatoms. The fraction of sp³-hybridized carbons (Fsp3) is 0.500. The Labute approximate surface area is 173 Å². The van der Waals surface area contributed by atoms with Gasteiger partial charge < -0.3 is 30.1 Å². The molecule has 2 fully saturated rings. The van der Waals surface area contributed by atoms with Crippen LogP contribution in [-0.2, 0) is 0 Å². The summed E-state index contributed by atoms with van der Waals surface area (Å²) in [5.41, 5.74) is 1.23. The summed E-state index contributed by atoms with van der Waals surface area (Å²) in [6, 6.07) is 5.71.